The number of aromatic nitrogens is 2. The fourth-order valence-electron chi connectivity index (χ4n) is 3.57. The van der Waals surface area contributed by atoms with E-state index in [2.05, 4.69) is 20.6 Å². The second-order valence-electron chi connectivity index (χ2n) is 7.14. The van der Waals surface area contributed by atoms with Crippen LogP contribution in [-0.4, -0.2) is 35.6 Å². The Morgan fingerprint density at radius 2 is 2.14 bits per heavy atom. The number of H-pyrrole nitrogens is 1. The standard InChI is InChI=1S/C21H23ClN4O2.ClH/c1-13-10-23-19-18(13)17(21(27)25-11-14-5-7-28-8-6-14)12-24-20(19)26-16-4-2-3-15(22)9-16;/h2-4,9-10,12,14,23H,5-8,11H2,1H3,(H,24,26)(H,25,27);1H. The van der Waals surface area contributed by atoms with Gasteiger partial charge in [0.15, 0.2) is 5.82 Å². The van der Waals surface area contributed by atoms with E-state index in [4.69, 9.17) is 16.3 Å². The molecule has 0 saturated carbocycles. The van der Waals surface area contributed by atoms with E-state index < -0.39 is 0 Å². The molecule has 1 aliphatic heterocycles. The van der Waals surface area contributed by atoms with Gasteiger partial charge in [-0.2, -0.15) is 0 Å². The molecule has 0 atom stereocenters. The Bertz CT molecular complexity index is 1000. The second-order valence-corrected chi connectivity index (χ2v) is 7.58. The van der Waals surface area contributed by atoms with Crippen molar-refractivity contribution in [1.82, 2.24) is 15.3 Å². The van der Waals surface area contributed by atoms with Gasteiger partial charge < -0.3 is 20.4 Å². The number of amides is 1. The first kappa shape index (κ1) is 21.4. The Morgan fingerprint density at radius 1 is 1.34 bits per heavy atom. The lowest BCUT2D eigenvalue weighted by Crippen LogP contribution is -2.32. The molecule has 8 heteroatoms. The van der Waals surface area contributed by atoms with Crippen LogP contribution in [0.15, 0.2) is 36.7 Å². The fraction of sp³-hybridized carbons (Fsp3) is 0.333. The summed E-state index contributed by atoms with van der Waals surface area (Å²) in [6, 6.07) is 7.45. The van der Waals surface area contributed by atoms with Crippen molar-refractivity contribution >= 4 is 52.3 Å². The van der Waals surface area contributed by atoms with Crippen molar-refractivity contribution in [2.24, 2.45) is 5.92 Å². The summed E-state index contributed by atoms with van der Waals surface area (Å²) >= 11 is 6.07. The van der Waals surface area contributed by atoms with Crippen molar-refractivity contribution in [2.75, 3.05) is 25.1 Å². The number of aryl methyl sites for hydroxylation is 1. The summed E-state index contributed by atoms with van der Waals surface area (Å²) in [6.45, 7) is 4.19. The highest BCUT2D eigenvalue weighted by molar-refractivity contribution is 6.30. The van der Waals surface area contributed by atoms with E-state index in [1.165, 1.54) is 0 Å². The number of pyridine rings is 1. The number of rotatable bonds is 5. The average molecular weight is 435 g/mol. The molecular formula is C21H24Cl2N4O2. The van der Waals surface area contributed by atoms with Gasteiger partial charge in [-0.25, -0.2) is 4.98 Å². The molecule has 4 rings (SSSR count). The molecule has 0 unspecified atom stereocenters. The third kappa shape index (κ3) is 4.83. The van der Waals surface area contributed by atoms with Gasteiger partial charge in [0.1, 0.15) is 0 Å². The average Bonchev–Trinajstić information content (AvgIpc) is 3.10. The number of anilines is 2. The van der Waals surface area contributed by atoms with Gasteiger partial charge in [-0.3, -0.25) is 4.79 Å². The number of halogens is 2. The van der Waals surface area contributed by atoms with Gasteiger partial charge in [-0.05, 0) is 49.4 Å². The zero-order valence-corrected chi connectivity index (χ0v) is 17.7. The number of hydrogen-bond donors (Lipinski definition) is 3. The molecule has 154 valence electrons. The molecule has 3 heterocycles. The zero-order chi connectivity index (χ0) is 19.5. The lowest BCUT2D eigenvalue weighted by Gasteiger charge is -2.22. The fourth-order valence-corrected chi connectivity index (χ4v) is 3.76. The molecular weight excluding hydrogens is 411 g/mol. The number of nitrogens with zero attached hydrogens (tertiary/aromatic N) is 1. The van der Waals surface area contributed by atoms with Crippen LogP contribution in [0, 0.1) is 12.8 Å². The van der Waals surface area contributed by atoms with Crippen LogP contribution in [0.2, 0.25) is 5.02 Å². The van der Waals surface area contributed by atoms with Crippen LogP contribution in [0.3, 0.4) is 0 Å². The first-order valence-electron chi connectivity index (χ1n) is 9.47. The normalized spacial score (nSPS) is 14.4. The third-order valence-electron chi connectivity index (χ3n) is 5.13. The van der Waals surface area contributed by atoms with Crippen LogP contribution < -0.4 is 10.6 Å². The maximum atomic E-state index is 12.8. The van der Waals surface area contributed by atoms with Crippen molar-refractivity contribution in [2.45, 2.75) is 19.8 Å². The van der Waals surface area contributed by atoms with Gasteiger partial charge in [-0.15, -0.1) is 12.4 Å². The maximum Gasteiger partial charge on any atom is 0.253 e. The number of benzene rings is 1. The lowest BCUT2D eigenvalue weighted by atomic mass is 10.00. The molecule has 1 aromatic carbocycles. The Labute approximate surface area is 180 Å². The van der Waals surface area contributed by atoms with E-state index >= 15 is 0 Å². The van der Waals surface area contributed by atoms with Crippen LogP contribution in [0.5, 0.6) is 0 Å². The molecule has 6 nitrogen and oxygen atoms in total. The van der Waals surface area contributed by atoms with Crippen molar-refractivity contribution in [3.8, 4) is 0 Å². The lowest BCUT2D eigenvalue weighted by molar-refractivity contribution is 0.0643. The summed E-state index contributed by atoms with van der Waals surface area (Å²) in [5.41, 5.74) is 3.22. The summed E-state index contributed by atoms with van der Waals surface area (Å²) in [5.74, 6) is 1.03. The van der Waals surface area contributed by atoms with E-state index in [1.807, 2.05) is 37.4 Å². The highest BCUT2D eigenvalue weighted by Crippen LogP contribution is 2.29. The second kappa shape index (κ2) is 9.48. The first-order chi connectivity index (χ1) is 13.6. The van der Waals surface area contributed by atoms with Crippen molar-refractivity contribution in [1.29, 1.82) is 0 Å². The molecule has 3 aromatic rings. The van der Waals surface area contributed by atoms with E-state index in [0.29, 0.717) is 28.9 Å². The maximum absolute atomic E-state index is 12.8. The van der Waals surface area contributed by atoms with Crippen LogP contribution in [0.1, 0.15) is 28.8 Å². The first-order valence-corrected chi connectivity index (χ1v) is 9.85. The summed E-state index contributed by atoms with van der Waals surface area (Å²) < 4.78 is 5.38. The van der Waals surface area contributed by atoms with E-state index in [0.717, 1.165) is 48.2 Å². The van der Waals surface area contributed by atoms with Crippen LogP contribution in [-0.2, 0) is 4.74 Å². The predicted molar refractivity (Wildman–Crippen MR) is 119 cm³/mol. The minimum Gasteiger partial charge on any atom is -0.381 e. The van der Waals surface area contributed by atoms with Crippen molar-refractivity contribution < 1.29 is 9.53 Å². The van der Waals surface area contributed by atoms with Crippen molar-refractivity contribution in [3.05, 3.63) is 52.8 Å². The monoisotopic (exact) mass is 434 g/mol. The number of carbonyl (C=O) groups excluding carboxylic acids is 1. The number of hydrogen-bond acceptors (Lipinski definition) is 4. The summed E-state index contributed by atoms with van der Waals surface area (Å²) in [5, 5.41) is 7.87. The van der Waals surface area contributed by atoms with Crippen molar-refractivity contribution in [3.63, 3.8) is 0 Å². The summed E-state index contributed by atoms with van der Waals surface area (Å²) in [7, 11) is 0. The molecule has 0 bridgehead atoms. The minimum absolute atomic E-state index is 0. The molecule has 1 aliphatic rings. The number of carbonyl (C=O) groups is 1. The highest BCUT2D eigenvalue weighted by atomic mass is 35.5. The molecule has 2 aromatic heterocycles. The van der Waals surface area contributed by atoms with Gasteiger partial charge in [-0.1, -0.05) is 17.7 Å². The molecule has 1 saturated heterocycles. The van der Waals surface area contributed by atoms with Crippen LogP contribution >= 0.6 is 24.0 Å². The highest BCUT2D eigenvalue weighted by Gasteiger charge is 2.19. The van der Waals surface area contributed by atoms with Crippen LogP contribution in [0.4, 0.5) is 11.5 Å². The molecule has 1 fully saturated rings. The molecule has 3 N–H and O–H groups in total. The van der Waals surface area contributed by atoms with Gasteiger partial charge in [0.2, 0.25) is 0 Å². The summed E-state index contributed by atoms with van der Waals surface area (Å²) in [4.78, 5) is 20.6. The number of nitrogens with one attached hydrogen (secondary N) is 3. The summed E-state index contributed by atoms with van der Waals surface area (Å²) in [6.07, 6.45) is 5.50. The van der Waals surface area contributed by atoms with Gasteiger partial charge >= 0.3 is 0 Å². The van der Waals surface area contributed by atoms with Gasteiger partial charge in [0.25, 0.3) is 5.91 Å². The Kier molecular flexibility index (Phi) is 7.00. The quantitative estimate of drug-likeness (QED) is 0.536. The Hall–Kier alpha value is -2.28. The predicted octanol–water partition coefficient (Wildman–Crippen LogP) is 4.85. The largest absolute Gasteiger partial charge is 0.381 e. The van der Waals surface area contributed by atoms with Crippen LogP contribution in [0.25, 0.3) is 10.9 Å². The number of ether oxygens (including phenoxy) is 1. The Morgan fingerprint density at radius 3 is 2.90 bits per heavy atom. The van der Waals surface area contributed by atoms with Gasteiger partial charge in [0, 0.05) is 48.2 Å². The SMILES string of the molecule is Cc1c[nH]c2c(Nc3cccc(Cl)c3)ncc(C(=O)NCC3CCOCC3)c12.Cl. The number of fused-ring (bicyclic) bond motifs is 1. The van der Waals surface area contributed by atoms with E-state index in [-0.39, 0.29) is 18.3 Å². The molecule has 0 spiro atoms. The number of aromatic amines is 1. The topological polar surface area (TPSA) is 79.0 Å². The zero-order valence-electron chi connectivity index (χ0n) is 16.1. The van der Waals surface area contributed by atoms with E-state index in [1.54, 1.807) is 6.20 Å². The molecule has 0 radical (unpaired) electrons. The van der Waals surface area contributed by atoms with Gasteiger partial charge in [0.05, 0.1) is 11.1 Å². The smallest absolute Gasteiger partial charge is 0.253 e. The molecule has 29 heavy (non-hydrogen) atoms. The third-order valence-corrected chi connectivity index (χ3v) is 5.37. The molecule has 1 amide bonds. The Balaban J connectivity index is 0.00000240. The molecule has 0 aliphatic carbocycles. The minimum atomic E-state index is -0.0963. The van der Waals surface area contributed by atoms with E-state index in [9.17, 15) is 4.79 Å².